The number of benzene rings is 1. The maximum absolute atomic E-state index is 13.3. The van der Waals surface area contributed by atoms with Crippen molar-refractivity contribution in [2.24, 2.45) is 5.73 Å². The zero-order valence-corrected chi connectivity index (χ0v) is 8.87. The number of amides is 2. The first-order valence-corrected chi connectivity index (χ1v) is 4.82. The number of nitrogens with one attached hydrogen (secondary N) is 2. The second kappa shape index (κ2) is 5.80. The second-order valence-electron chi connectivity index (χ2n) is 3.17. The molecule has 0 aliphatic rings. The van der Waals surface area contributed by atoms with Gasteiger partial charge in [0, 0.05) is 13.1 Å². The van der Waals surface area contributed by atoms with Gasteiger partial charge in [-0.3, -0.25) is 0 Å². The highest BCUT2D eigenvalue weighted by Gasteiger charge is 2.10. The number of carbonyl (C=O) groups excluding carboxylic acids is 1. The number of carbonyl (C=O) groups is 2. The van der Waals surface area contributed by atoms with E-state index in [1.807, 2.05) is 0 Å². The van der Waals surface area contributed by atoms with Crippen molar-refractivity contribution < 1.29 is 19.1 Å². The van der Waals surface area contributed by atoms with Crippen LogP contribution in [0.15, 0.2) is 18.2 Å². The number of urea groups is 1. The second-order valence-corrected chi connectivity index (χ2v) is 3.17. The number of hydrogen-bond acceptors (Lipinski definition) is 3. The van der Waals surface area contributed by atoms with Crippen LogP contribution in [0.3, 0.4) is 0 Å². The Balaban J connectivity index is 2.79. The molecular weight excluding hydrogens is 229 g/mol. The van der Waals surface area contributed by atoms with Crippen LogP contribution in [0.4, 0.5) is 14.9 Å². The molecule has 2 amide bonds. The van der Waals surface area contributed by atoms with E-state index in [4.69, 9.17) is 10.8 Å². The van der Waals surface area contributed by atoms with Gasteiger partial charge in [0.15, 0.2) is 0 Å². The summed E-state index contributed by atoms with van der Waals surface area (Å²) < 4.78 is 13.3. The van der Waals surface area contributed by atoms with E-state index in [0.29, 0.717) is 0 Å². The first-order valence-electron chi connectivity index (χ1n) is 4.82. The topological polar surface area (TPSA) is 104 Å². The van der Waals surface area contributed by atoms with Crippen LogP contribution in [0.1, 0.15) is 10.4 Å². The van der Waals surface area contributed by atoms with Gasteiger partial charge in [-0.2, -0.15) is 0 Å². The standard InChI is InChI=1S/C10H12FN3O3/c11-7-2-1-6(9(15)16)5-8(7)14-10(17)13-4-3-12/h1-2,5H,3-4,12H2,(H,15,16)(H2,13,14,17). The molecule has 0 unspecified atom stereocenters. The van der Waals surface area contributed by atoms with E-state index in [1.54, 1.807) is 0 Å². The summed E-state index contributed by atoms with van der Waals surface area (Å²) in [6.07, 6.45) is 0. The molecule has 0 aromatic heterocycles. The van der Waals surface area contributed by atoms with Gasteiger partial charge < -0.3 is 21.5 Å². The molecule has 6 nitrogen and oxygen atoms in total. The Morgan fingerprint density at radius 1 is 1.41 bits per heavy atom. The first-order chi connectivity index (χ1) is 8.04. The van der Waals surface area contributed by atoms with Crippen molar-refractivity contribution >= 4 is 17.7 Å². The lowest BCUT2D eigenvalue weighted by atomic mass is 10.2. The summed E-state index contributed by atoms with van der Waals surface area (Å²) in [4.78, 5) is 21.9. The minimum Gasteiger partial charge on any atom is -0.478 e. The van der Waals surface area contributed by atoms with Crippen LogP contribution in [0.5, 0.6) is 0 Å². The molecule has 17 heavy (non-hydrogen) atoms. The third-order valence-electron chi connectivity index (χ3n) is 1.89. The van der Waals surface area contributed by atoms with Crippen molar-refractivity contribution in [2.45, 2.75) is 0 Å². The summed E-state index contributed by atoms with van der Waals surface area (Å²) in [7, 11) is 0. The van der Waals surface area contributed by atoms with Gasteiger partial charge in [-0.1, -0.05) is 0 Å². The average molecular weight is 241 g/mol. The zero-order chi connectivity index (χ0) is 12.8. The minimum absolute atomic E-state index is 0.111. The summed E-state index contributed by atoms with van der Waals surface area (Å²) in [6, 6.07) is 2.49. The Labute approximate surface area is 96.6 Å². The molecule has 0 heterocycles. The fourth-order valence-electron chi connectivity index (χ4n) is 1.11. The number of halogens is 1. The Hall–Kier alpha value is -2.15. The third-order valence-corrected chi connectivity index (χ3v) is 1.89. The molecule has 0 fully saturated rings. The molecule has 0 radical (unpaired) electrons. The number of anilines is 1. The lowest BCUT2D eigenvalue weighted by molar-refractivity contribution is 0.0697. The molecule has 0 spiro atoms. The van der Waals surface area contributed by atoms with Crippen molar-refractivity contribution in [1.82, 2.24) is 5.32 Å². The normalized spacial score (nSPS) is 9.76. The Kier molecular flexibility index (Phi) is 4.41. The highest BCUT2D eigenvalue weighted by molar-refractivity contribution is 5.93. The molecule has 0 atom stereocenters. The van der Waals surface area contributed by atoms with Crippen LogP contribution in [-0.4, -0.2) is 30.2 Å². The van der Waals surface area contributed by atoms with Crippen molar-refractivity contribution in [3.8, 4) is 0 Å². The quantitative estimate of drug-likeness (QED) is 0.619. The maximum atomic E-state index is 13.3. The molecule has 0 aliphatic heterocycles. The molecule has 0 saturated heterocycles. The molecule has 5 N–H and O–H groups in total. The monoisotopic (exact) mass is 241 g/mol. The molecule has 0 aliphatic carbocycles. The van der Waals surface area contributed by atoms with E-state index >= 15 is 0 Å². The van der Waals surface area contributed by atoms with E-state index in [-0.39, 0.29) is 24.3 Å². The van der Waals surface area contributed by atoms with Gasteiger partial charge in [0.05, 0.1) is 11.3 Å². The first kappa shape index (κ1) is 12.9. The summed E-state index contributed by atoms with van der Waals surface area (Å²) in [5, 5.41) is 13.3. The number of hydrogen-bond donors (Lipinski definition) is 4. The SMILES string of the molecule is NCCNC(=O)Nc1cc(C(=O)O)ccc1F. The van der Waals surface area contributed by atoms with Gasteiger partial charge in [-0.05, 0) is 18.2 Å². The van der Waals surface area contributed by atoms with E-state index in [9.17, 15) is 14.0 Å². The summed E-state index contributed by atoms with van der Waals surface area (Å²) in [5.41, 5.74) is 4.86. The number of carboxylic acid groups (broad SMARTS) is 1. The van der Waals surface area contributed by atoms with Crippen LogP contribution in [-0.2, 0) is 0 Å². The van der Waals surface area contributed by atoms with E-state index in [1.165, 1.54) is 0 Å². The van der Waals surface area contributed by atoms with Gasteiger partial charge in [0.2, 0.25) is 0 Å². The van der Waals surface area contributed by atoms with Crippen molar-refractivity contribution in [3.05, 3.63) is 29.6 Å². The van der Waals surface area contributed by atoms with Crippen LogP contribution in [0.25, 0.3) is 0 Å². The highest BCUT2D eigenvalue weighted by Crippen LogP contribution is 2.16. The molecule has 0 bridgehead atoms. The number of nitrogens with two attached hydrogens (primary N) is 1. The number of aromatic carboxylic acids is 1. The Bertz CT molecular complexity index is 437. The van der Waals surface area contributed by atoms with Crippen molar-refractivity contribution in [3.63, 3.8) is 0 Å². The Morgan fingerprint density at radius 3 is 2.71 bits per heavy atom. The fraction of sp³-hybridized carbons (Fsp3) is 0.200. The summed E-state index contributed by atoms with van der Waals surface area (Å²) in [6.45, 7) is 0.497. The maximum Gasteiger partial charge on any atom is 0.335 e. The van der Waals surface area contributed by atoms with Crippen molar-refractivity contribution in [1.29, 1.82) is 0 Å². The van der Waals surface area contributed by atoms with Crippen LogP contribution < -0.4 is 16.4 Å². The molecule has 0 saturated carbocycles. The van der Waals surface area contributed by atoms with E-state index in [2.05, 4.69) is 10.6 Å². The van der Waals surface area contributed by atoms with E-state index < -0.39 is 17.8 Å². The molecule has 7 heteroatoms. The largest absolute Gasteiger partial charge is 0.478 e. The van der Waals surface area contributed by atoms with Gasteiger partial charge in [0.25, 0.3) is 0 Å². The predicted molar refractivity (Wildman–Crippen MR) is 59.4 cm³/mol. The van der Waals surface area contributed by atoms with Crippen LogP contribution >= 0.6 is 0 Å². The smallest absolute Gasteiger partial charge is 0.335 e. The molecule has 1 aromatic carbocycles. The molecular formula is C10H12FN3O3. The fourth-order valence-corrected chi connectivity index (χ4v) is 1.11. The molecule has 92 valence electrons. The van der Waals surface area contributed by atoms with Gasteiger partial charge in [-0.25, -0.2) is 14.0 Å². The van der Waals surface area contributed by atoms with Gasteiger partial charge in [-0.15, -0.1) is 0 Å². The van der Waals surface area contributed by atoms with Crippen LogP contribution in [0, 0.1) is 5.82 Å². The minimum atomic E-state index is -1.20. The highest BCUT2D eigenvalue weighted by atomic mass is 19.1. The lowest BCUT2D eigenvalue weighted by Gasteiger charge is -2.08. The van der Waals surface area contributed by atoms with E-state index in [0.717, 1.165) is 18.2 Å². The van der Waals surface area contributed by atoms with Gasteiger partial charge >= 0.3 is 12.0 Å². The lowest BCUT2D eigenvalue weighted by Crippen LogP contribution is -2.33. The molecule has 1 rings (SSSR count). The average Bonchev–Trinajstić information content (AvgIpc) is 2.29. The molecule has 1 aromatic rings. The summed E-state index contributed by atoms with van der Waals surface area (Å²) in [5.74, 6) is -1.91. The zero-order valence-electron chi connectivity index (χ0n) is 8.87. The number of carboxylic acids is 1. The van der Waals surface area contributed by atoms with Crippen molar-refractivity contribution in [2.75, 3.05) is 18.4 Å². The number of rotatable bonds is 4. The van der Waals surface area contributed by atoms with Crippen LogP contribution in [0.2, 0.25) is 0 Å². The third kappa shape index (κ3) is 3.72. The Morgan fingerprint density at radius 2 is 2.12 bits per heavy atom. The van der Waals surface area contributed by atoms with Gasteiger partial charge in [0.1, 0.15) is 5.82 Å². The predicted octanol–water partition coefficient (Wildman–Crippen LogP) is 0.604. The summed E-state index contributed by atoms with van der Waals surface area (Å²) >= 11 is 0.